The van der Waals surface area contributed by atoms with Crippen molar-refractivity contribution in [1.29, 1.82) is 0 Å². The minimum Gasteiger partial charge on any atom is -0.494 e. The molecule has 1 saturated heterocycles. The largest absolute Gasteiger partial charge is 0.494 e. The van der Waals surface area contributed by atoms with Crippen molar-refractivity contribution in [2.24, 2.45) is 0 Å². The molecule has 0 saturated carbocycles. The van der Waals surface area contributed by atoms with E-state index in [1.807, 2.05) is 42.5 Å². The smallest absolute Gasteiger partial charge is 0.257 e. The third kappa shape index (κ3) is 5.28. The zero-order chi connectivity index (χ0) is 24.9. The van der Waals surface area contributed by atoms with Gasteiger partial charge in [-0.25, -0.2) is 4.98 Å². The van der Waals surface area contributed by atoms with Gasteiger partial charge < -0.3 is 10.1 Å². The normalized spacial score (nSPS) is 15.8. The molecule has 1 atom stereocenters. The number of benzene rings is 3. The first kappa shape index (κ1) is 24.4. The number of carbonyl (C=O) groups is 1. The summed E-state index contributed by atoms with van der Waals surface area (Å²) >= 11 is 1.46. The lowest BCUT2D eigenvalue weighted by Gasteiger charge is -2.34. The molecule has 0 radical (unpaired) electrons. The van der Waals surface area contributed by atoms with Crippen molar-refractivity contribution in [3.8, 4) is 16.9 Å². The van der Waals surface area contributed by atoms with Crippen molar-refractivity contribution >= 4 is 32.6 Å². The van der Waals surface area contributed by atoms with Gasteiger partial charge in [-0.05, 0) is 67.7 Å². The van der Waals surface area contributed by atoms with Crippen LogP contribution in [0.15, 0.2) is 66.7 Å². The number of methoxy groups -OCH3 is 1. The van der Waals surface area contributed by atoms with Crippen LogP contribution in [0.5, 0.6) is 5.75 Å². The zero-order valence-electron chi connectivity index (χ0n) is 20.8. The molecule has 1 unspecified atom stereocenters. The van der Waals surface area contributed by atoms with Crippen LogP contribution in [0.25, 0.3) is 21.3 Å². The van der Waals surface area contributed by atoms with Crippen LogP contribution >= 0.6 is 11.3 Å². The number of rotatable bonds is 8. The van der Waals surface area contributed by atoms with Gasteiger partial charge in [-0.3, -0.25) is 15.0 Å². The number of hydrogen-bond acceptors (Lipinski definition) is 6. The first-order valence-corrected chi connectivity index (χ1v) is 13.4. The van der Waals surface area contributed by atoms with Gasteiger partial charge in [-0.2, -0.15) is 0 Å². The molecule has 1 aromatic heterocycles. The molecule has 7 heteroatoms. The van der Waals surface area contributed by atoms with Crippen LogP contribution in [0.4, 0.5) is 5.13 Å². The zero-order valence-corrected chi connectivity index (χ0v) is 21.6. The molecular formula is C29H32N4O2S. The molecule has 5 rings (SSSR count). The minimum absolute atomic E-state index is 0.165. The number of nitrogens with zero attached hydrogens (tertiary/aromatic N) is 2. The summed E-state index contributed by atoms with van der Waals surface area (Å²) < 4.78 is 6.53. The van der Waals surface area contributed by atoms with E-state index in [0.29, 0.717) is 22.6 Å². The molecule has 0 spiro atoms. The van der Waals surface area contributed by atoms with Crippen LogP contribution in [0.1, 0.15) is 42.1 Å². The van der Waals surface area contributed by atoms with E-state index in [0.717, 1.165) is 41.0 Å². The fourth-order valence-electron chi connectivity index (χ4n) is 4.80. The highest BCUT2D eigenvalue weighted by atomic mass is 32.1. The number of fused-ring (bicyclic) bond motifs is 1. The quantitative estimate of drug-likeness (QED) is 0.304. The number of hydrogen-bond donors (Lipinski definition) is 2. The SMILES string of the molecule is CCN(Cc1ccc(C(=O)Nc2nc3c(OC)ccc(-c4ccccc4)c3s2)cc1)C1CCCCN1. The predicted octanol–water partition coefficient (Wildman–Crippen LogP) is 6.15. The predicted molar refractivity (Wildman–Crippen MR) is 148 cm³/mol. The van der Waals surface area contributed by atoms with E-state index in [4.69, 9.17) is 9.72 Å². The monoisotopic (exact) mass is 500 g/mol. The highest BCUT2D eigenvalue weighted by Gasteiger charge is 2.20. The molecule has 1 amide bonds. The third-order valence-corrected chi connectivity index (χ3v) is 7.77. The molecule has 3 aromatic carbocycles. The minimum atomic E-state index is -0.165. The highest BCUT2D eigenvalue weighted by Crippen LogP contribution is 2.39. The lowest BCUT2D eigenvalue weighted by Crippen LogP contribution is -2.47. The summed E-state index contributed by atoms with van der Waals surface area (Å²) in [6.45, 7) is 5.15. The second-order valence-electron chi connectivity index (χ2n) is 9.06. The summed E-state index contributed by atoms with van der Waals surface area (Å²) in [5.74, 6) is 0.529. The molecule has 0 bridgehead atoms. The number of anilines is 1. The number of thiazole rings is 1. The van der Waals surface area contributed by atoms with Gasteiger partial charge in [0.2, 0.25) is 0 Å². The third-order valence-electron chi connectivity index (χ3n) is 6.76. The summed E-state index contributed by atoms with van der Waals surface area (Å²) in [5, 5.41) is 7.18. The van der Waals surface area contributed by atoms with E-state index >= 15 is 0 Å². The van der Waals surface area contributed by atoms with E-state index < -0.39 is 0 Å². The Labute approximate surface area is 216 Å². The number of nitrogens with one attached hydrogen (secondary N) is 2. The van der Waals surface area contributed by atoms with Crippen molar-refractivity contribution in [2.45, 2.75) is 38.9 Å². The summed E-state index contributed by atoms with van der Waals surface area (Å²) in [7, 11) is 1.64. The molecule has 186 valence electrons. The summed E-state index contributed by atoms with van der Waals surface area (Å²) in [6, 6.07) is 22.1. The van der Waals surface area contributed by atoms with Crippen LogP contribution in [-0.4, -0.2) is 42.2 Å². The molecule has 1 fully saturated rings. The van der Waals surface area contributed by atoms with Crippen molar-refractivity contribution < 1.29 is 9.53 Å². The van der Waals surface area contributed by atoms with Gasteiger partial charge >= 0.3 is 0 Å². The maximum absolute atomic E-state index is 13.0. The van der Waals surface area contributed by atoms with E-state index in [2.05, 4.69) is 46.7 Å². The summed E-state index contributed by atoms with van der Waals surface area (Å²) in [6.07, 6.45) is 4.15. The lowest BCUT2D eigenvalue weighted by atomic mass is 10.1. The Balaban J connectivity index is 1.32. The van der Waals surface area contributed by atoms with Gasteiger partial charge in [0.05, 0.1) is 18.0 Å². The molecule has 1 aliphatic heterocycles. The van der Waals surface area contributed by atoms with Gasteiger partial charge in [0.25, 0.3) is 5.91 Å². The second-order valence-corrected chi connectivity index (χ2v) is 10.1. The molecule has 36 heavy (non-hydrogen) atoms. The van der Waals surface area contributed by atoms with Crippen molar-refractivity contribution in [3.63, 3.8) is 0 Å². The van der Waals surface area contributed by atoms with Crippen LogP contribution in [0.3, 0.4) is 0 Å². The van der Waals surface area contributed by atoms with Crippen LogP contribution in [-0.2, 0) is 6.54 Å². The first-order valence-electron chi connectivity index (χ1n) is 12.6. The van der Waals surface area contributed by atoms with Crippen LogP contribution < -0.4 is 15.4 Å². The van der Waals surface area contributed by atoms with Gasteiger partial charge in [0, 0.05) is 17.7 Å². The molecular weight excluding hydrogens is 468 g/mol. The Morgan fingerprint density at radius 3 is 2.61 bits per heavy atom. The summed E-state index contributed by atoms with van der Waals surface area (Å²) in [5.41, 5.74) is 4.75. The Hall–Kier alpha value is -3.26. The molecule has 0 aliphatic carbocycles. The fraction of sp³-hybridized carbons (Fsp3) is 0.310. The molecule has 1 aliphatic rings. The van der Waals surface area contributed by atoms with Crippen LogP contribution in [0.2, 0.25) is 0 Å². The molecule has 4 aromatic rings. The molecule has 2 N–H and O–H groups in total. The van der Waals surface area contributed by atoms with Gasteiger partial charge in [0.1, 0.15) is 11.3 Å². The molecule has 6 nitrogen and oxygen atoms in total. The van der Waals surface area contributed by atoms with Gasteiger partial charge in [-0.15, -0.1) is 0 Å². The van der Waals surface area contributed by atoms with Crippen LogP contribution in [0, 0.1) is 0 Å². The standard InChI is InChI=1S/C29H32N4O2S/c1-3-33(25-11-7-8-18-30-25)19-20-12-14-22(15-13-20)28(34)32-29-31-26-24(35-2)17-16-23(27(26)36-29)21-9-5-4-6-10-21/h4-6,9-10,12-17,25,30H,3,7-8,11,18-19H2,1-2H3,(H,31,32,34). The first-order chi connectivity index (χ1) is 17.7. The Morgan fingerprint density at radius 2 is 1.92 bits per heavy atom. The van der Waals surface area contributed by atoms with E-state index in [-0.39, 0.29) is 5.91 Å². The number of amides is 1. The number of carbonyl (C=O) groups excluding carboxylic acids is 1. The Bertz CT molecular complexity index is 1310. The van der Waals surface area contributed by atoms with Crippen molar-refractivity contribution in [1.82, 2.24) is 15.2 Å². The number of piperidine rings is 1. The highest BCUT2D eigenvalue weighted by molar-refractivity contribution is 7.23. The van der Waals surface area contributed by atoms with Crippen molar-refractivity contribution in [2.75, 3.05) is 25.5 Å². The Morgan fingerprint density at radius 1 is 1.11 bits per heavy atom. The van der Waals surface area contributed by atoms with Gasteiger partial charge in [0.15, 0.2) is 5.13 Å². The van der Waals surface area contributed by atoms with E-state index in [1.165, 1.54) is 36.2 Å². The maximum atomic E-state index is 13.0. The van der Waals surface area contributed by atoms with Crippen molar-refractivity contribution in [3.05, 3.63) is 77.9 Å². The topological polar surface area (TPSA) is 66.5 Å². The maximum Gasteiger partial charge on any atom is 0.257 e. The van der Waals surface area contributed by atoms with E-state index in [9.17, 15) is 4.79 Å². The second kappa shape index (κ2) is 11.2. The van der Waals surface area contributed by atoms with Gasteiger partial charge in [-0.1, -0.05) is 60.7 Å². The fourth-order valence-corrected chi connectivity index (χ4v) is 5.81. The average Bonchev–Trinajstić information content (AvgIpc) is 3.36. The van der Waals surface area contributed by atoms with E-state index in [1.54, 1.807) is 7.11 Å². The average molecular weight is 501 g/mol. The number of aromatic nitrogens is 1. The summed E-state index contributed by atoms with van der Waals surface area (Å²) in [4.78, 5) is 20.2. The lowest BCUT2D eigenvalue weighted by molar-refractivity contribution is 0.102. The molecule has 2 heterocycles. The Kier molecular flexibility index (Phi) is 7.60. The number of ether oxygens (including phenoxy) is 1.